The van der Waals surface area contributed by atoms with Crippen molar-refractivity contribution in [2.24, 2.45) is 0 Å². The van der Waals surface area contributed by atoms with Crippen LogP contribution in [0.25, 0.3) is 0 Å². The van der Waals surface area contributed by atoms with Gasteiger partial charge in [-0.15, -0.1) is 11.3 Å². The summed E-state index contributed by atoms with van der Waals surface area (Å²) in [5.41, 5.74) is 0.624. The molecule has 0 saturated heterocycles. The highest BCUT2D eigenvalue weighted by atomic mass is 32.2. The highest BCUT2D eigenvalue weighted by Crippen LogP contribution is 2.23. The summed E-state index contributed by atoms with van der Waals surface area (Å²) in [5, 5.41) is 10.6. The lowest BCUT2D eigenvalue weighted by Crippen LogP contribution is -2.28. The van der Waals surface area contributed by atoms with Gasteiger partial charge in [0.15, 0.2) is 0 Å². The molecule has 0 aliphatic carbocycles. The van der Waals surface area contributed by atoms with Gasteiger partial charge < -0.3 is 9.84 Å². The van der Waals surface area contributed by atoms with Crippen LogP contribution >= 0.6 is 11.3 Å². The molecular formula is C10H17NO4S2. The number of hydrogen-bond acceptors (Lipinski definition) is 5. The van der Waals surface area contributed by atoms with E-state index in [1.807, 2.05) is 0 Å². The Morgan fingerprint density at radius 2 is 2.24 bits per heavy atom. The molecule has 1 aromatic rings. The van der Waals surface area contributed by atoms with Crippen molar-refractivity contribution in [3.8, 4) is 0 Å². The van der Waals surface area contributed by atoms with E-state index in [9.17, 15) is 8.42 Å². The predicted molar refractivity (Wildman–Crippen MR) is 66.6 cm³/mol. The maximum atomic E-state index is 12.1. The molecule has 5 nitrogen and oxygen atoms in total. The molecule has 0 unspecified atom stereocenters. The molecule has 0 aliphatic rings. The lowest BCUT2D eigenvalue weighted by Gasteiger charge is -2.15. The molecule has 0 atom stereocenters. The summed E-state index contributed by atoms with van der Waals surface area (Å²) in [5.74, 6) is 0. The van der Waals surface area contributed by atoms with Crippen LogP contribution in [-0.4, -0.2) is 45.1 Å². The van der Waals surface area contributed by atoms with Crippen LogP contribution in [0.2, 0.25) is 0 Å². The van der Waals surface area contributed by atoms with E-state index in [-0.39, 0.29) is 10.8 Å². The zero-order chi connectivity index (χ0) is 12.9. The molecule has 1 rings (SSSR count). The first kappa shape index (κ1) is 14.6. The predicted octanol–water partition coefficient (Wildman–Crippen LogP) is 0.897. The first-order valence-electron chi connectivity index (χ1n) is 5.16. The number of aliphatic hydroxyl groups excluding tert-OH is 1. The van der Waals surface area contributed by atoms with Crippen LogP contribution in [0.4, 0.5) is 0 Å². The van der Waals surface area contributed by atoms with E-state index >= 15 is 0 Å². The average Bonchev–Trinajstić information content (AvgIpc) is 2.78. The molecule has 98 valence electrons. The van der Waals surface area contributed by atoms with Crippen molar-refractivity contribution < 1.29 is 18.3 Å². The van der Waals surface area contributed by atoms with Gasteiger partial charge in [-0.25, -0.2) is 12.7 Å². The molecule has 0 saturated carbocycles. The number of methoxy groups -OCH3 is 1. The van der Waals surface area contributed by atoms with Crippen molar-refractivity contribution in [1.82, 2.24) is 4.31 Å². The Morgan fingerprint density at radius 3 is 2.76 bits per heavy atom. The highest BCUT2D eigenvalue weighted by molar-refractivity contribution is 7.91. The molecule has 7 heteroatoms. The third kappa shape index (κ3) is 3.75. The van der Waals surface area contributed by atoms with E-state index in [2.05, 4.69) is 0 Å². The largest absolute Gasteiger partial charge is 0.392 e. The van der Waals surface area contributed by atoms with Crippen molar-refractivity contribution in [1.29, 1.82) is 0 Å². The zero-order valence-corrected chi connectivity index (χ0v) is 11.6. The minimum Gasteiger partial charge on any atom is -0.392 e. The number of ether oxygens (including phenoxy) is 1. The Labute approximate surface area is 106 Å². The van der Waals surface area contributed by atoms with Crippen molar-refractivity contribution in [3.63, 3.8) is 0 Å². The van der Waals surface area contributed by atoms with Crippen molar-refractivity contribution in [2.75, 3.05) is 27.3 Å². The maximum absolute atomic E-state index is 12.1. The van der Waals surface area contributed by atoms with Gasteiger partial charge in [-0.1, -0.05) is 0 Å². The van der Waals surface area contributed by atoms with Gasteiger partial charge in [-0.05, 0) is 23.4 Å². The van der Waals surface area contributed by atoms with Crippen LogP contribution in [0, 0.1) is 0 Å². The maximum Gasteiger partial charge on any atom is 0.252 e. The van der Waals surface area contributed by atoms with Gasteiger partial charge in [-0.2, -0.15) is 0 Å². The fraction of sp³-hybridized carbons (Fsp3) is 0.600. The van der Waals surface area contributed by atoms with Crippen LogP contribution in [0.5, 0.6) is 0 Å². The summed E-state index contributed by atoms with van der Waals surface area (Å²) < 4.78 is 30.6. The van der Waals surface area contributed by atoms with E-state index in [4.69, 9.17) is 9.84 Å². The van der Waals surface area contributed by atoms with Crippen LogP contribution < -0.4 is 0 Å². The number of nitrogens with zero attached hydrogens (tertiary/aromatic N) is 1. The van der Waals surface area contributed by atoms with E-state index in [1.54, 1.807) is 19.5 Å². The quantitative estimate of drug-likeness (QED) is 0.753. The molecule has 0 fully saturated rings. The Balaban J connectivity index is 2.73. The second-order valence-corrected chi connectivity index (χ2v) is 6.79. The Morgan fingerprint density at radius 1 is 1.53 bits per heavy atom. The van der Waals surface area contributed by atoms with Crippen LogP contribution in [-0.2, 0) is 21.4 Å². The van der Waals surface area contributed by atoms with Crippen molar-refractivity contribution in [2.45, 2.75) is 17.2 Å². The fourth-order valence-electron chi connectivity index (χ4n) is 1.28. The third-order valence-corrected chi connectivity index (χ3v) is 5.62. The summed E-state index contributed by atoms with van der Waals surface area (Å²) in [6.07, 6.45) is 0.657. The van der Waals surface area contributed by atoms with E-state index in [0.717, 1.165) is 11.3 Å². The molecule has 0 amide bonds. The minimum atomic E-state index is -3.42. The molecular weight excluding hydrogens is 262 g/mol. The molecule has 1 N–H and O–H groups in total. The summed E-state index contributed by atoms with van der Waals surface area (Å²) in [7, 11) is -0.294. The molecule has 0 bridgehead atoms. The normalized spacial score (nSPS) is 12.2. The van der Waals surface area contributed by atoms with E-state index < -0.39 is 10.0 Å². The van der Waals surface area contributed by atoms with Gasteiger partial charge in [0.25, 0.3) is 10.0 Å². The SMILES string of the molecule is COCCCN(C)S(=O)(=O)c1cc(CO)cs1. The number of sulfonamides is 1. The monoisotopic (exact) mass is 279 g/mol. The summed E-state index contributed by atoms with van der Waals surface area (Å²) in [6, 6.07) is 1.51. The zero-order valence-electron chi connectivity index (χ0n) is 9.92. The van der Waals surface area contributed by atoms with Crippen molar-refractivity contribution in [3.05, 3.63) is 17.0 Å². The van der Waals surface area contributed by atoms with E-state index in [1.165, 1.54) is 10.4 Å². The smallest absolute Gasteiger partial charge is 0.252 e. The third-order valence-electron chi connectivity index (χ3n) is 2.30. The minimum absolute atomic E-state index is 0.139. The molecule has 1 aromatic heterocycles. The second kappa shape index (κ2) is 6.46. The fourth-order valence-corrected chi connectivity index (χ4v) is 3.90. The average molecular weight is 279 g/mol. The van der Waals surface area contributed by atoms with Gasteiger partial charge in [0.2, 0.25) is 0 Å². The topological polar surface area (TPSA) is 66.8 Å². The molecule has 0 radical (unpaired) electrons. The van der Waals surface area contributed by atoms with Crippen LogP contribution in [0.15, 0.2) is 15.7 Å². The number of aliphatic hydroxyl groups is 1. The lowest BCUT2D eigenvalue weighted by molar-refractivity contribution is 0.189. The summed E-state index contributed by atoms with van der Waals surface area (Å²) in [6.45, 7) is 0.814. The first-order valence-corrected chi connectivity index (χ1v) is 7.48. The Hall–Kier alpha value is -0.470. The standard InChI is InChI=1S/C10H17NO4S2/c1-11(4-3-5-15-2)17(13,14)10-6-9(7-12)8-16-10/h6,8,12H,3-5,7H2,1-2H3. The Bertz CT molecular complexity index is 441. The molecule has 1 heterocycles. The first-order chi connectivity index (χ1) is 8.02. The number of thiophene rings is 1. The molecule has 17 heavy (non-hydrogen) atoms. The molecule has 0 spiro atoms. The Kier molecular flexibility index (Phi) is 5.54. The second-order valence-electron chi connectivity index (χ2n) is 3.61. The molecule has 0 aliphatic heterocycles. The highest BCUT2D eigenvalue weighted by Gasteiger charge is 2.22. The van der Waals surface area contributed by atoms with Gasteiger partial charge in [0.05, 0.1) is 6.61 Å². The lowest BCUT2D eigenvalue weighted by atomic mass is 10.4. The van der Waals surface area contributed by atoms with Crippen LogP contribution in [0.1, 0.15) is 12.0 Å². The summed E-state index contributed by atoms with van der Waals surface area (Å²) >= 11 is 1.13. The van der Waals surface area contributed by atoms with Crippen molar-refractivity contribution >= 4 is 21.4 Å². The summed E-state index contributed by atoms with van der Waals surface area (Å²) in [4.78, 5) is 0. The number of hydrogen-bond donors (Lipinski definition) is 1. The van der Waals surface area contributed by atoms with Gasteiger partial charge >= 0.3 is 0 Å². The van der Waals surface area contributed by atoms with Gasteiger partial charge in [-0.3, -0.25) is 0 Å². The molecule has 0 aromatic carbocycles. The van der Waals surface area contributed by atoms with E-state index in [0.29, 0.717) is 25.1 Å². The van der Waals surface area contributed by atoms with Crippen LogP contribution in [0.3, 0.4) is 0 Å². The van der Waals surface area contributed by atoms with Gasteiger partial charge in [0, 0.05) is 27.3 Å². The number of rotatable bonds is 7. The van der Waals surface area contributed by atoms with Gasteiger partial charge in [0.1, 0.15) is 4.21 Å².